The molecule has 7 heteroatoms. The van der Waals surface area contributed by atoms with Crippen LogP contribution in [0.5, 0.6) is 5.75 Å². The zero-order valence-electron chi connectivity index (χ0n) is 11.5. The van der Waals surface area contributed by atoms with E-state index in [0.29, 0.717) is 13.2 Å². The summed E-state index contributed by atoms with van der Waals surface area (Å²) in [4.78, 5) is 11.9. The van der Waals surface area contributed by atoms with Gasteiger partial charge in [-0.3, -0.25) is 4.79 Å². The molecule has 0 saturated carbocycles. The van der Waals surface area contributed by atoms with Crippen molar-refractivity contribution in [3.63, 3.8) is 0 Å². The third-order valence-corrected chi connectivity index (χ3v) is 2.84. The number of benzene rings is 1. The summed E-state index contributed by atoms with van der Waals surface area (Å²) < 4.78 is 19.6. The van der Waals surface area contributed by atoms with Crippen molar-refractivity contribution in [3.8, 4) is 11.4 Å². The zero-order chi connectivity index (χ0) is 15.2. The normalized spacial score (nSPS) is 10.8. The van der Waals surface area contributed by atoms with Gasteiger partial charge in [0, 0.05) is 26.3 Å². The Morgan fingerprint density at radius 2 is 2.19 bits per heavy atom. The number of hydrogen-bond donors (Lipinski definition) is 2. The maximum Gasteiger partial charge on any atom is 0.275 e. The molecule has 112 valence electrons. The summed E-state index contributed by atoms with van der Waals surface area (Å²) in [6.07, 6.45) is 0. The van der Waals surface area contributed by atoms with Crippen LogP contribution in [0.15, 0.2) is 35.1 Å². The van der Waals surface area contributed by atoms with E-state index >= 15 is 0 Å². The Hall–Kier alpha value is -2.25. The fourth-order valence-corrected chi connectivity index (χ4v) is 1.79. The van der Waals surface area contributed by atoms with E-state index in [1.54, 1.807) is 13.2 Å². The van der Waals surface area contributed by atoms with E-state index < -0.39 is 11.4 Å². The zero-order valence-corrected chi connectivity index (χ0v) is 11.5. The molecule has 0 fully saturated rings. The number of aromatic nitrogens is 2. The van der Waals surface area contributed by atoms with Crippen LogP contribution in [0.4, 0.5) is 4.39 Å². The molecule has 1 aromatic carbocycles. The number of hydrogen-bond acceptors (Lipinski definition) is 5. The SMILES string of the molecule is COCCNCc1nn(-c2ccccc2F)c(=O)cc1O. The molecule has 0 radical (unpaired) electrons. The van der Waals surface area contributed by atoms with Gasteiger partial charge in [-0.1, -0.05) is 12.1 Å². The molecule has 0 aliphatic rings. The summed E-state index contributed by atoms with van der Waals surface area (Å²) >= 11 is 0. The molecular weight excluding hydrogens is 277 g/mol. The van der Waals surface area contributed by atoms with Crippen molar-refractivity contribution in [2.24, 2.45) is 0 Å². The van der Waals surface area contributed by atoms with Gasteiger partial charge in [-0.15, -0.1) is 0 Å². The number of methoxy groups -OCH3 is 1. The third-order valence-electron chi connectivity index (χ3n) is 2.84. The molecule has 2 N–H and O–H groups in total. The predicted molar refractivity (Wildman–Crippen MR) is 75.0 cm³/mol. The lowest BCUT2D eigenvalue weighted by molar-refractivity contribution is 0.199. The molecule has 0 amide bonds. The number of halogens is 1. The minimum Gasteiger partial charge on any atom is -0.506 e. The van der Waals surface area contributed by atoms with Crippen LogP contribution in [-0.2, 0) is 11.3 Å². The largest absolute Gasteiger partial charge is 0.506 e. The van der Waals surface area contributed by atoms with Crippen molar-refractivity contribution >= 4 is 0 Å². The maximum atomic E-state index is 13.7. The smallest absolute Gasteiger partial charge is 0.275 e. The molecule has 6 nitrogen and oxygen atoms in total. The highest BCUT2D eigenvalue weighted by atomic mass is 19.1. The molecule has 0 spiro atoms. The summed E-state index contributed by atoms with van der Waals surface area (Å²) in [5, 5.41) is 16.8. The van der Waals surface area contributed by atoms with Gasteiger partial charge in [0.15, 0.2) is 0 Å². The molecule has 1 heterocycles. The third kappa shape index (κ3) is 3.65. The molecule has 21 heavy (non-hydrogen) atoms. The van der Waals surface area contributed by atoms with E-state index in [9.17, 15) is 14.3 Å². The van der Waals surface area contributed by atoms with Gasteiger partial charge >= 0.3 is 0 Å². The summed E-state index contributed by atoms with van der Waals surface area (Å²) in [7, 11) is 1.58. The highest BCUT2D eigenvalue weighted by molar-refractivity contribution is 5.34. The Kier molecular flexibility index (Phi) is 5.02. The highest BCUT2D eigenvalue weighted by Gasteiger charge is 2.11. The van der Waals surface area contributed by atoms with E-state index in [2.05, 4.69) is 10.4 Å². The average Bonchev–Trinajstić information content (AvgIpc) is 2.46. The number of aromatic hydroxyl groups is 1. The first-order valence-electron chi connectivity index (χ1n) is 6.40. The topological polar surface area (TPSA) is 76.4 Å². The lowest BCUT2D eigenvalue weighted by Crippen LogP contribution is -2.25. The van der Waals surface area contributed by atoms with Gasteiger partial charge < -0.3 is 15.2 Å². The van der Waals surface area contributed by atoms with Crippen LogP contribution in [0.25, 0.3) is 5.69 Å². The Morgan fingerprint density at radius 1 is 1.43 bits per heavy atom. The quantitative estimate of drug-likeness (QED) is 0.771. The average molecular weight is 293 g/mol. The minimum atomic E-state index is -0.599. The summed E-state index contributed by atoms with van der Waals surface area (Å²) in [5.74, 6) is -0.784. The van der Waals surface area contributed by atoms with Crippen molar-refractivity contribution in [2.75, 3.05) is 20.3 Å². The van der Waals surface area contributed by atoms with Crippen molar-refractivity contribution in [3.05, 3.63) is 52.2 Å². The second-order valence-corrected chi connectivity index (χ2v) is 4.35. The van der Waals surface area contributed by atoms with E-state index in [-0.39, 0.29) is 23.7 Å². The maximum absolute atomic E-state index is 13.7. The summed E-state index contributed by atoms with van der Waals surface area (Å²) in [6, 6.07) is 6.84. The first-order chi connectivity index (χ1) is 10.1. The molecule has 0 atom stereocenters. The van der Waals surface area contributed by atoms with Crippen LogP contribution in [0.2, 0.25) is 0 Å². The molecular formula is C14H16FN3O3. The number of para-hydroxylation sites is 1. The van der Waals surface area contributed by atoms with Crippen molar-refractivity contribution in [2.45, 2.75) is 6.54 Å². The van der Waals surface area contributed by atoms with Crippen LogP contribution in [-0.4, -0.2) is 35.1 Å². The molecule has 1 aromatic heterocycles. The second-order valence-electron chi connectivity index (χ2n) is 4.35. The molecule has 0 aliphatic carbocycles. The van der Waals surface area contributed by atoms with Gasteiger partial charge in [0.1, 0.15) is 22.9 Å². The highest BCUT2D eigenvalue weighted by Crippen LogP contribution is 2.14. The van der Waals surface area contributed by atoms with E-state index in [4.69, 9.17) is 4.74 Å². The van der Waals surface area contributed by atoms with Gasteiger partial charge in [-0.05, 0) is 12.1 Å². The van der Waals surface area contributed by atoms with E-state index in [1.807, 2.05) is 0 Å². The molecule has 2 aromatic rings. The van der Waals surface area contributed by atoms with Crippen LogP contribution >= 0.6 is 0 Å². The fraction of sp³-hybridized carbons (Fsp3) is 0.286. The number of nitrogens with zero attached hydrogens (tertiary/aromatic N) is 2. The summed E-state index contributed by atoms with van der Waals surface area (Å²) in [6.45, 7) is 1.31. The van der Waals surface area contributed by atoms with Crippen LogP contribution < -0.4 is 10.9 Å². The molecule has 0 aliphatic heterocycles. The number of rotatable bonds is 6. The second kappa shape index (κ2) is 6.96. The Morgan fingerprint density at radius 3 is 2.90 bits per heavy atom. The Bertz CT molecular complexity index is 673. The first-order valence-corrected chi connectivity index (χ1v) is 6.40. The minimum absolute atomic E-state index is 0.0423. The Balaban J connectivity index is 2.31. The number of ether oxygens (including phenoxy) is 1. The fourth-order valence-electron chi connectivity index (χ4n) is 1.79. The van der Waals surface area contributed by atoms with Crippen molar-refractivity contribution < 1.29 is 14.2 Å². The molecule has 2 rings (SSSR count). The van der Waals surface area contributed by atoms with Gasteiger partial charge in [0.05, 0.1) is 6.61 Å². The predicted octanol–water partition coefficient (Wildman–Crippen LogP) is 0.813. The standard InChI is InChI=1S/C14H16FN3O3/c1-21-7-6-16-9-11-13(19)8-14(20)18(17-11)12-5-3-2-4-10(12)15/h2-5,8,16,19H,6-7,9H2,1H3. The number of nitrogens with one attached hydrogen (secondary N) is 1. The molecule has 0 unspecified atom stereocenters. The van der Waals surface area contributed by atoms with Gasteiger partial charge in [0.25, 0.3) is 5.56 Å². The first kappa shape index (κ1) is 15.1. The van der Waals surface area contributed by atoms with Crippen molar-refractivity contribution in [1.82, 2.24) is 15.1 Å². The lowest BCUT2D eigenvalue weighted by atomic mass is 10.3. The van der Waals surface area contributed by atoms with E-state index in [1.165, 1.54) is 18.2 Å². The Labute approximate surface area is 120 Å². The van der Waals surface area contributed by atoms with Gasteiger partial charge in [0.2, 0.25) is 0 Å². The molecule has 0 saturated heterocycles. The van der Waals surface area contributed by atoms with Crippen LogP contribution in [0, 0.1) is 5.82 Å². The van der Waals surface area contributed by atoms with Crippen LogP contribution in [0.1, 0.15) is 5.69 Å². The molecule has 0 bridgehead atoms. The van der Waals surface area contributed by atoms with Crippen molar-refractivity contribution in [1.29, 1.82) is 0 Å². The summed E-state index contributed by atoms with van der Waals surface area (Å²) in [5.41, 5.74) is -0.298. The lowest BCUT2D eigenvalue weighted by Gasteiger charge is -2.10. The monoisotopic (exact) mass is 293 g/mol. The van der Waals surface area contributed by atoms with E-state index in [0.717, 1.165) is 10.7 Å². The van der Waals surface area contributed by atoms with Crippen LogP contribution in [0.3, 0.4) is 0 Å². The van der Waals surface area contributed by atoms with Gasteiger partial charge in [-0.2, -0.15) is 9.78 Å². The van der Waals surface area contributed by atoms with Gasteiger partial charge in [-0.25, -0.2) is 4.39 Å².